The van der Waals surface area contributed by atoms with E-state index in [1.165, 1.54) is 11.1 Å². The highest BCUT2D eigenvalue weighted by atomic mass is 16.5. The summed E-state index contributed by atoms with van der Waals surface area (Å²) in [5, 5.41) is 0. The molecule has 0 bridgehead atoms. The van der Waals surface area contributed by atoms with Crippen molar-refractivity contribution in [1.29, 1.82) is 0 Å². The molecule has 0 aliphatic carbocycles. The standard InChI is InChI=1S/C17H14O2/c1-12-4-2-3-5-15(12)13-6-7-17-16(10-13)14(11-18)8-9-19-17/h2-11,14H,1H3. The van der Waals surface area contributed by atoms with Gasteiger partial charge in [0, 0.05) is 5.56 Å². The molecule has 2 aromatic carbocycles. The summed E-state index contributed by atoms with van der Waals surface area (Å²) >= 11 is 0. The van der Waals surface area contributed by atoms with E-state index in [0.717, 1.165) is 23.2 Å². The van der Waals surface area contributed by atoms with Gasteiger partial charge in [0.1, 0.15) is 12.0 Å². The molecule has 0 amide bonds. The fourth-order valence-electron chi connectivity index (χ4n) is 2.40. The van der Waals surface area contributed by atoms with Crippen molar-refractivity contribution in [3.05, 3.63) is 65.9 Å². The summed E-state index contributed by atoms with van der Waals surface area (Å²) in [5.41, 5.74) is 4.45. The van der Waals surface area contributed by atoms with Crippen LogP contribution in [0, 0.1) is 6.92 Å². The molecular weight excluding hydrogens is 236 g/mol. The van der Waals surface area contributed by atoms with Gasteiger partial charge in [0.25, 0.3) is 0 Å². The molecule has 94 valence electrons. The molecule has 0 saturated heterocycles. The molecule has 1 unspecified atom stereocenters. The zero-order valence-corrected chi connectivity index (χ0v) is 10.7. The molecule has 0 aromatic heterocycles. The van der Waals surface area contributed by atoms with Crippen LogP contribution in [0.1, 0.15) is 17.0 Å². The van der Waals surface area contributed by atoms with Crippen molar-refractivity contribution in [3.63, 3.8) is 0 Å². The highest BCUT2D eigenvalue weighted by Crippen LogP contribution is 2.35. The van der Waals surface area contributed by atoms with Gasteiger partial charge < -0.3 is 9.53 Å². The minimum Gasteiger partial charge on any atom is -0.465 e. The monoisotopic (exact) mass is 250 g/mol. The minimum atomic E-state index is -0.215. The first-order valence-corrected chi connectivity index (χ1v) is 6.28. The van der Waals surface area contributed by atoms with E-state index >= 15 is 0 Å². The molecule has 0 spiro atoms. The zero-order valence-electron chi connectivity index (χ0n) is 10.7. The first kappa shape index (κ1) is 11.7. The van der Waals surface area contributed by atoms with Crippen LogP contribution in [0.4, 0.5) is 0 Å². The second kappa shape index (κ2) is 4.73. The quantitative estimate of drug-likeness (QED) is 0.757. The molecule has 2 aromatic rings. The van der Waals surface area contributed by atoms with Gasteiger partial charge in [-0.05, 0) is 41.8 Å². The molecule has 1 aliphatic rings. The molecule has 2 nitrogen and oxygen atoms in total. The topological polar surface area (TPSA) is 26.3 Å². The first-order chi connectivity index (χ1) is 9.29. The number of aldehydes is 1. The predicted octanol–water partition coefficient (Wildman–Crippen LogP) is 3.85. The molecule has 0 N–H and O–H groups in total. The number of hydrogen-bond acceptors (Lipinski definition) is 2. The van der Waals surface area contributed by atoms with E-state index in [-0.39, 0.29) is 5.92 Å². The van der Waals surface area contributed by atoms with Crippen molar-refractivity contribution < 1.29 is 9.53 Å². The normalized spacial score (nSPS) is 16.6. The van der Waals surface area contributed by atoms with Gasteiger partial charge in [0.2, 0.25) is 0 Å². The van der Waals surface area contributed by atoms with Crippen molar-refractivity contribution in [2.24, 2.45) is 0 Å². The predicted molar refractivity (Wildman–Crippen MR) is 75.2 cm³/mol. The van der Waals surface area contributed by atoms with E-state index in [0.29, 0.717) is 0 Å². The summed E-state index contributed by atoms with van der Waals surface area (Å²) < 4.78 is 5.44. The van der Waals surface area contributed by atoms with Crippen molar-refractivity contribution in [1.82, 2.24) is 0 Å². The Bertz CT molecular complexity index is 656. The number of rotatable bonds is 2. The van der Waals surface area contributed by atoms with Crippen molar-refractivity contribution in [2.75, 3.05) is 0 Å². The summed E-state index contributed by atoms with van der Waals surface area (Å²) in [6, 6.07) is 14.2. The van der Waals surface area contributed by atoms with E-state index in [1.54, 1.807) is 12.3 Å². The maximum absolute atomic E-state index is 11.1. The number of ether oxygens (including phenoxy) is 1. The second-order valence-corrected chi connectivity index (χ2v) is 4.68. The van der Waals surface area contributed by atoms with Crippen LogP contribution in [0.3, 0.4) is 0 Å². The third kappa shape index (κ3) is 2.06. The Balaban J connectivity index is 2.12. The molecule has 3 rings (SSSR count). The van der Waals surface area contributed by atoms with Gasteiger partial charge in [-0.15, -0.1) is 0 Å². The molecule has 0 radical (unpaired) electrons. The summed E-state index contributed by atoms with van der Waals surface area (Å²) in [6.07, 6.45) is 4.30. The second-order valence-electron chi connectivity index (χ2n) is 4.68. The van der Waals surface area contributed by atoms with Gasteiger partial charge in [-0.3, -0.25) is 0 Å². The molecule has 1 heterocycles. The van der Waals surface area contributed by atoms with E-state index in [1.807, 2.05) is 30.3 Å². The van der Waals surface area contributed by atoms with Crippen LogP contribution in [0.15, 0.2) is 54.8 Å². The molecule has 2 heteroatoms. The summed E-state index contributed by atoms with van der Waals surface area (Å²) in [4.78, 5) is 11.1. The molecule has 0 saturated carbocycles. The average molecular weight is 250 g/mol. The van der Waals surface area contributed by atoms with Crippen LogP contribution < -0.4 is 4.74 Å². The Morgan fingerprint density at radius 3 is 2.79 bits per heavy atom. The van der Waals surface area contributed by atoms with Gasteiger partial charge in [-0.25, -0.2) is 0 Å². The Morgan fingerprint density at radius 1 is 1.16 bits per heavy atom. The Morgan fingerprint density at radius 2 is 2.00 bits per heavy atom. The smallest absolute Gasteiger partial charge is 0.131 e. The third-order valence-electron chi connectivity index (χ3n) is 3.45. The molecular formula is C17H14O2. The lowest BCUT2D eigenvalue weighted by molar-refractivity contribution is -0.108. The van der Waals surface area contributed by atoms with E-state index in [9.17, 15) is 4.79 Å². The van der Waals surface area contributed by atoms with Crippen LogP contribution in [-0.4, -0.2) is 6.29 Å². The minimum absolute atomic E-state index is 0.215. The molecule has 0 fully saturated rings. The fourth-order valence-corrected chi connectivity index (χ4v) is 2.40. The Hall–Kier alpha value is -2.35. The number of carbonyl (C=O) groups excluding carboxylic acids is 1. The first-order valence-electron chi connectivity index (χ1n) is 6.28. The van der Waals surface area contributed by atoms with Gasteiger partial charge in [0.15, 0.2) is 0 Å². The summed E-state index contributed by atoms with van der Waals surface area (Å²) in [7, 11) is 0. The lowest BCUT2D eigenvalue weighted by Gasteiger charge is -2.18. The molecule has 19 heavy (non-hydrogen) atoms. The van der Waals surface area contributed by atoms with E-state index < -0.39 is 0 Å². The number of hydrogen-bond donors (Lipinski definition) is 0. The highest BCUT2D eigenvalue weighted by molar-refractivity contribution is 5.74. The van der Waals surface area contributed by atoms with Crippen molar-refractivity contribution >= 4 is 6.29 Å². The lowest BCUT2D eigenvalue weighted by Crippen LogP contribution is -2.05. The number of benzene rings is 2. The number of allylic oxidation sites excluding steroid dienone is 1. The summed E-state index contributed by atoms with van der Waals surface area (Å²) in [5.74, 6) is 0.546. The van der Waals surface area contributed by atoms with Crippen LogP contribution in [-0.2, 0) is 4.79 Å². The third-order valence-corrected chi connectivity index (χ3v) is 3.45. The van der Waals surface area contributed by atoms with Gasteiger partial charge in [0.05, 0.1) is 12.2 Å². The Labute approximate surface area is 112 Å². The van der Waals surface area contributed by atoms with Crippen LogP contribution in [0.2, 0.25) is 0 Å². The maximum Gasteiger partial charge on any atom is 0.131 e. The van der Waals surface area contributed by atoms with Crippen molar-refractivity contribution in [3.8, 4) is 16.9 Å². The van der Waals surface area contributed by atoms with Gasteiger partial charge >= 0.3 is 0 Å². The van der Waals surface area contributed by atoms with Gasteiger partial charge in [-0.2, -0.15) is 0 Å². The zero-order chi connectivity index (χ0) is 13.2. The fraction of sp³-hybridized carbons (Fsp3) is 0.118. The lowest BCUT2D eigenvalue weighted by atomic mass is 9.92. The van der Waals surface area contributed by atoms with Gasteiger partial charge in [-0.1, -0.05) is 30.3 Å². The average Bonchev–Trinajstić information content (AvgIpc) is 2.46. The number of carbonyl (C=O) groups is 1. The largest absolute Gasteiger partial charge is 0.465 e. The Kier molecular flexibility index (Phi) is 2.92. The molecule has 1 atom stereocenters. The number of aryl methyl sites for hydroxylation is 1. The summed E-state index contributed by atoms with van der Waals surface area (Å²) in [6.45, 7) is 2.09. The highest BCUT2D eigenvalue weighted by Gasteiger charge is 2.18. The molecule has 1 aliphatic heterocycles. The van der Waals surface area contributed by atoms with E-state index in [4.69, 9.17) is 4.74 Å². The van der Waals surface area contributed by atoms with E-state index in [2.05, 4.69) is 19.1 Å². The van der Waals surface area contributed by atoms with Crippen LogP contribution in [0.5, 0.6) is 5.75 Å². The van der Waals surface area contributed by atoms with Crippen LogP contribution in [0.25, 0.3) is 11.1 Å². The maximum atomic E-state index is 11.1. The SMILES string of the molecule is Cc1ccccc1-c1ccc2c(c1)C(C=O)C=CO2. The van der Waals surface area contributed by atoms with Crippen molar-refractivity contribution in [2.45, 2.75) is 12.8 Å². The van der Waals surface area contributed by atoms with Crippen LogP contribution >= 0.6 is 0 Å². The number of fused-ring (bicyclic) bond motifs is 1.